The van der Waals surface area contributed by atoms with Gasteiger partial charge < -0.3 is 10.4 Å². The highest BCUT2D eigenvalue weighted by Gasteiger charge is 2.15. The van der Waals surface area contributed by atoms with Crippen molar-refractivity contribution in [2.24, 2.45) is 0 Å². The Hall–Kier alpha value is -1.67. The van der Waals surface area contributed by atoms with Gasteiger partial charge in [0, 0.05) is 18.8 Å². The Morgan fingerprint density at radius 3 is 2.53 bits per heavy atom. The molecule has 0 aliphatic carbocycles. The number of hydrogen-bond donors (Lipinski definition) is 3. The van der Waals surface area contributed by atoms with E-state index in [4.69, 9.17) is 5.11 Å². The molecule has 0 saturated heterocycles. The second kappa shape index (κ2) is 5.98. The van der Waals surface area contributed by atoms with Crippen molar-refractivity contribution in [1.29, 1.82) is 0 Å². The second-order valence-corrected chi connectivity index (χ2v) is 6.00. The Kier molecular flexibility index (Phi) is 4.84. The average Bonchev–Trinajstić information content (AvgIpc) is 2.21. The first kappa shape index (κ1) is 15.4. The fraction of sp³-hybridized carbons (Fsp3) is 0.455. The molecule has 106 valence electrons. The zero-order valence-corrected chi connectivity index (χ0v) is 11.8. The summed E-state index contributed by atoms with van der Waals surface area (Å²) < 4.78 is 24.1. The number of rotatable bonds is 6. The smallest absolute Gasteiger partial charge is 0.339 e. The number of aromatic nitrogens is 1. The van der Waals surface area contributed by atoms with Gasteiger partial charge in [-0.1, -0.05) is 0 Å². The van der Waals surface area contributed by atoms with Gasteiger partial charge in [0.05, 0.1) is 17.6 Å². The maximum absolute atomic E-state index is 11.2. The summed E-state index contributed by atoms with van der Waals surface area (Å²) in [5.41, 5.74) is 1.66. The zero-order chi connectivity index (χ0) is 14.6. The maximum atomic E-state index is 11.2. The molecule has 1 aromatic heterocycles. The summed E-state index contributed by atoms with van der Waals surface area (Å²) >= 11 is 0. The lowest BCUT2D eigenvalue weighted by molar-refractivity contribution is 0.0696. The molecule has 1 rings (SSSR count). The van der Waals surface area contributed by atoms with E-state index in [-0.39, 0.29) is 18.7 Å². The number of nitrogens with one attached hydrogen (secondary N) is 2. The van der Waals surface area contributed by atoms with Gasteiger partial charge in [0.2, 0.25) is 10.0 Å². The molecule has 0 fully saturated rings. The van der Waals surface area contributed by atoms with E-state index in [0.717, 1.165) is 6.26 Å². The molecule has 0 aliphatic rings. The molecule has 8 heteroatoms. The van der Waals surface area contributed by atoms with Crippen molar-refractivity contribution in [2.75, 3.05) is 24.7 Å². The minimum absolute atomic E-state index is 0.102. The van der Waals surface area contributed by atoms with Crippen LogP contribution in [-0.4, -0.2) is 43.8 Å². The maximum Gasteiger partial charge on any atom is 0.339 e. The molecule has 0 unspecified atom stereocenters. The number of carbonyl (C=O) groups is 1. The van der Waals surface area contributed by atoms with Crippen LogP contribution in [0.3, 0.4) is 0 Å². The van der Waals surface area contributed by atoms with Gasteiger partial charge in [0.25, 0.3) is 0 Å². The molecule has 0 atom stereocenters. The lowest BCUT2D eigenvalue weighted by Gasteiger charge is -2.12. The zero-order valence-electron chi connectivity index (χ0n) is 11.0. The van der Waals surface area contributed by atoms with E-state index in [2.05, 4.69) is 15.0 Å². The van der Waals surface area contributed by atoms with Crippen LogP contribution < -0.4 is 10.0 Å². The molecule has 0 bridgehead atoms. The highest BCUT2D eigenvalue weighted by molar-refractivity contribution is 7.88. The van der Waals surface area contributed by atoms with Gasteiger partial charge in [-0.05, 0) is 19.9 Å². The lowest BCUT2D eigenvalue weighted by atomic mass is 10.1. The Bertz CT molecular complexity index is 584. The summed E-state index contributed by atoms with van der Waals surface area (Å²) in [5, 5.41) is 12.0. The highest BCUT2D eigenvalue weighted by atomic mass is 32.2. The minimum Gasteiger partial charge on any atom is -0.478 e. The van der Waals surface area contributed by atoms with Gasteiger partial charge in [0.15, 0.2) is 0 Å². The van der Waals surface area contributed by atoms with Crippen LogP contribution in [0.5, 0.6) is 0 Å². The van der Waals surface area contributed by atoms with Gasteiger partial charge in [-0.25, -0.2) is 17.9 Å². The van der Waals surface area contributed by atoms with Crippen LogP contribution in [0.4, 0.5) is 5.69 Å². The van der Waals surface area contributed by atoms with Crippen LogP contribution >= 0.6 is 0 Å². The van der Waals surface area contributed by atoms with E-state index in [1.54, 1.807) is 19.9 Å². The first-order chi connectivity index (χ1) is 8.70. The minimum atomic E-state index is -3.24. The number of pyridine rings is 1. The molecule has 0 aromatic carbocycles. The molecule has 1 aromatic rings. The largest absolute Gasteiger partial charge is 0.478 e. The summed E-state index contributed by atoms with van der Waals surface area (Å²) in [5.74, 6) is -1.07. The van der Waals surface area contributed by atoms with Crippen LogP contribution in [0.1, 0.15) is 21.7 Å². The van der Waals surface area contributed by atoms with E-state index in [1.807, 2.05) is 0 Å². The molecule has 0 spiro atoms. The molecule has 0 amide bonds. The molecule has 7 nitrogen and oxygen atoms in total. The van der Waals surface area contributed by atoms with E-state index in [0.29, 0.717) is 17.1 Å². The third-order valence-corrected chi connectivity index (χ3v) is 3.08. The van der Waals surface area contributed by atoms with Crippen LogP contribution in [0.2, 0.25) is 0 Å². The highest BCUT2D eigenvalue weighted by Crippen LogP contribution is 2.19. The van der Waals surface area contributed by atoms with Gasteiger partial charge in [-0.3, -0.25) is 4.98 Å². The predicted octanol–water partition coefficient (Wildman–Crippen LogP) is 0.358. The third kappa shape index (κ3) is 4.84. The fourth-order valence-corrected chi connectivity index (χ4v) is 2.14. The van der Waals surface area contributed by atoms with Crippen molar-refractivity contribution < 1.29 is 18.3 Å². The van der Waals surface area contributed by atoms with Crippen LogP contribution in [0, 0.1) is 13.8 Å². The number of carboxylic acid groups (broad SMARTS) is 1. The number of nitrogens with zero attached hydrogens (tertiary/aromatic N) is 1. The first-order valence-corrected chi connectivity index (χ1v) is 7.50. The monoisotopic (exact) mass is 287 g/mol. The standard InChI is InChI=1S/C11H17N3O4S/c1-7-6-9(10(11(15)16)8(2)14-7)12-4-5-13-19(3,17)18/h6,13H,4-5H2,1-3H3,(H,12,14)(H,15,16). The molecular weight excluding hydrogens is 270 g/mol. The topological polar surface area (TPSA) is 108 Å². The van der Waals surface area contributed by atoms with Crippen LogP contribution in [0.25, 0.3) is 0 Å². The summed E-state index contributed by atoms with van der Waals surface area (Å²) in [6.45, 7) is 3.85. The normalized spacial score (nSPS) is 11.3. The lowest BCUT2D eigenvalue weighted by Crippen LogP contribution is -2.28. The van der Waals surface area contributed by atoms with Gasteiger partial charge in [-0.15, -0.1) is 0 Å². The number of sulfonamides is 1. The SMILES string of the molecule is Cc1cc(NCCNS(C)(=O)=O)c(C(=O)O)c(C)n1. The molecule has 0 aliphatic heterocycles. The van der Waals surface area contributed by atoms with Crippen molar-refractivity contribution in [2.45, 2.75) is 13.8 Å². The number of aryl methyl sites for hydroxylation is 2. The third-order valence-electron chi connectivity index (χ3n) is 2.35. The number of anilines is 1. The van der Waals surface area contributed by atoms with Crippen LogP contribution in [-0.2, 0) is 10.0 Å². The second-order valence-electron chi connectivity index (χ2n) is 4.17. The summed E-state index contributed by atoms with van der Waals surface area (Å²) in [7, 11) is -3.24. The number of hydrogen-bond acceptors (Lipinski definition) is 5. The fourth-order valence-electron chi connectivity index (χ4n) is 1.67. The molecule has 0 radical (unpaired) electrons. The van der Waals surface area contributed by atoms with Gasteiger partial charge in [0.1, 0.15) is 5.56 Å². The average molecular weight is 287 g/mol. The Labute approximate surface area is 112 Å². The van der Waals surface area contributed by atoms with E-state index in [1.165, 1.54) is 0 Å². The Morgan fingerprint density at radius 1 is 1.37 bits per heavy atom. The molecular formula is C11H17N3O4S. The van der Waals surface area contributed by atoms with E-state index < -0.39 is 16.0 Å². The number of carboxylic acids is 1. The Balaban J connectivity index is 2.80. The molecule has 1 heterocycles. The van der Waals surface area contributed by atoms with Crippen molar-refractivity contribution >= 4 is 21.7 Å². The summed E-state index contributed by atoms with van der Waals surface area (Å²) in [4.78, 5) is 15.2. The van der Waals surface area contributed by atoms with E-state index >= 15 is 0 Å². The van der Waals surface area contributed by atoms with Crippen molar-refractivity contribution in [3.05, 3.63) is 23.0 Å². The van der Waals surface area contributed by atoms with Crippen LogP contribution in [0.15, 0.2) is 6.07 Å². The number of aromatic carboxylic acids is 1. The summed E-state index contributed by atoms with van der Waals surface area (Å²) in [6.07, 6.45) is 1.07. The van der Waals surface area contributed by atoms with Gasteiger partial charge >= 0.3 is 5.97 Å². The molecule has 19 heavy (non-hydrogen) atoms. The quantitative estimate of drug-likeness (QED) is 0.652. The van der Waals surface area contributed by atoms with Crippen molar-refractivity contribution in [1.82, 2.24) is 9.71 Å². The summed E-state index contributed by atoms with van der Waals surface area (Å²) in [6, 6.07) is 1.62. The molecule has 0 saturated carbocycles. The van der Waals surface area contributed by atoms with Crippen molar-refractivity contribution in [3.8, 4) is 0 Å². The van der Waals surface area contributed by atoms with E-state index in [9.17, 15) is 13.2 Å². The Morgan fingerprint density at radius 2 is 2.00 bits per heavy atom. The van der Waals surface area contributed by atoms with Crippen molar-refractivity contribution in [3.63, 3.8) is 0 Å². The first-order valence-electron chi connectivity index (χ1n) is 5.61. The predicted molar refractivity (Wildman–Crippen MR) is 72.0 cm³/mol. The molecule has 3 N–H and O–H groups in total. The van der Waals surface area contributed by atoms with Gasteiger partial charge in [-0.2, -0.15) is 0 Å².